The van der Waals surface area contributed by atoms with Crippen molar-refractivity contribution in [2.24, 2.45) is 5.92 Å². The number of aliphatic hydroxyl groups is 1. The Labute approximate surface area is 160 Å². The van der Waals surface area contributed by atoms with E-state index in [0.29, 0.717) is 25.4 Å². The number of hydrogen-bond acceptors (Lipinski definition) is 4. The maximum absolute atomic E-state index is 12.9. The quantitative estimate of drug-likeness (QED) is 0.824. The number of rotatable bonds is 6. The zero-order chi connectivity index (χ0) is 18.9. The number of amides is 1. The summed E-state index contributed by atoms with van der Waals surface area (Å²) in [6.07, 6.45) is 6.92. The van der Waals surface area contributed by atoms with Gasteiger partial charge in [0.15, 0.2) is 5.60 Å². The molecule has 5 nitrogen and oxygen atoms in total. The van der Waals surface area contributed by atoms with Gasteiger partial charge in [0.1, 0.15) is 0 Å². The van der Waals surface area contributed by atoms with E-state index in [-0.39, 0.29) is 5.91 Å². The van der Waals surface area contributed by atoms with Crippen LogP contribution in [0.3, 0.4) is 0 Å². The fourth-order valence-corrected chi connectivity index (χ4v) is 4.34. The number of piperidine rings is 1. The van der Waals surface area contributed by atoms with E-state index in [1.165, 1.54) is 30.4 Å². The molecule has 2 N–H and O–H groups in total. The van der Waals surface area contributed by atoms with Crippen LogP contribution in [0, 0.1) is 12.8 Å². The number of carbonyl (C=O) groups is 1. The smallest absolute Gasteiger partial charge is 0.255 e. The van der Waals surface area contributed by atoms with Crippen LogP contribution >= 0.6 is 0 Å². The molecule has 0 spiro atoms. The van der Waals surface area contributed by atoms with Crippen molar-refractivity contribution in [1.29, 1.82) is 0 Å². The van der Waals surface area contributed by atoms with Gasteiger partial charge < -0.3 is 15.3 Å². The molecule has 2 aromatic rings. The van der Waals surface area contributed by atoms with Crippen LogP contribution in [0.25, 0.3) is 10.9 Å². The molecule has 0 radical (unpaired) electrons. The largest absolute Gasteiger partial charge is 0.379 e. The minimum Gasteiger partial charge on any atom is -0.379 e. The highest BCUT2D eigenvalue weighted by Crippen LogP contribution is 2.30. The Morgan fingerprint density at radius 1 is 1.30 bits per heavy atom. The molecule has 2 aliphatic rings. The molecule has 1 saturated heterocycles. The number of nitrogens with zero attached hydrogens (tertiary/aromatic N) is 2. The monoisotopic (exact) mass is 367 g/mol. The van der Waals surface area contributed by atoms with Crippen molar-refractivity contribution in [2.45, 2.75) is 51.2 Å². The van der Waals surface area contributed by atoms with Crippen molar-refractivity contribution < 1.29 is 9.90 Å². The Bertz CT molecular complexity index is 833. The van der Waals surface area contributed by atoms with Crippen molar-refractivity contribution in [3.8, 4) is 0 Å². The molecular formula is C22H29N3O2. The van der Waals surface area contributed by atoms with Crippen LogP contribution in [0.2, 0.25) is 0 Å². The number of likely N-dealkylation sites (tertiary alicyclic amines) is 1. The first-order valence-corrected chi connectivity index (χ1v) is 10.1. The predicted octanol–water partition coefficient (Wildman–Crippen LogP) is 2.79. The first-order valence-electron chi connectivity index (χ1n) is 10.1. The van der Waals surface area contributed by atoms with Gasteiger partial charge in [0.2, 0.25) is 0 Å². The topological polar surface area (TPSA) is 65.5 Å². The second-order valence-electron chi connectivity index (χ2n) is 8.22. The molecule has 144 valence electrons. The third-order valence-corrected chi connectivity index (χ3v) is 6.26. The molecule has 1 atom stereocenters. The van der Waals surface area contributed by atoms with Crippen LogP contribution < -0.4 is 5.32 Å². The first kappa shape index (κ1) is 18.4. The highest BCUT2D eigenvalue weighted by molar-refractivity contribution is 5.86. The van der Waals surface area contributed by atoms with Gasteiger partial charge in [-0.1, -0.05) is 18.6 Å². The van der Waals surface area contributed by atoms with E-state index in [0.717, 1.165) is 30.4 Å². The molecule has 27 heavy (non-hydrogen) atoms. The van der Waals surface area contributed by atoms with Crippen LogP contribution in [-0.2, 0) is 11.3 Å². The summed E-state index contributed by atoms with van der Waals surface area (Å²) in [5, 5.41) is 15.5. The van der Waals surface area contributed by atoms with Crippen LogP contribution in [-0.4, -0.2) is 46.1 Å². The van der Waals surface area contributed by atoms with Gasteiger partial charge in [-0.15, -0.1) is 0 Å². The Morgan fingerprint density at radius 2 is 2.15 bits per heavy atom. The zero-order valence-electron chi connectivity index (χ0n) is 16.1. The van der Waals surface area contributed by atoms with E-state index in [1.807, 2.05) is 17.0 Å². The predicted molar refractivity (Wildman–Crippen MR) is 106 cm³/mol. The standard InChI is InChI=1S/C22H29N3O2/c1-16-8-9-20-18(7-3-11-24-20)19(16)13-23-15-22(27)10-4-12-25(21(22)26)14-17-5-2-6-17/h3,7-9,11,17,23,27H,2,4-6,10,12-15H2,1H3. The number of fused-ring (bicyclic) bond motifs is 1. The maximum atomic E-state index is 12.9. The van der Waals surface area contributed by atoms with Crippen molar-refractivity contribution in [3.05, 3.63) is 41.6 Å². The van der Waals surface area contributed by atoms with Gasteiger partial charge in [0, 0.05) is 37.8 Å². The third kappa shape index (κ3) is 3.71. The van der Waals surface area contributed by atoms with Crippen LogP contribution in [0.15, 0.2) is 30.5 Å². The van der Waals surface area contributed by atoms with Gasteiger partial charge in [-0.25, -0.2) is 0 Å². The average molecular weight is 367 g/mol. The van der Waals surface area contributed by atoms with Gasteiger partial charge in [0.05, 0.1) is 5.52 Å². The molecule has 1 aliphatic carbocycles. The number of nitrogens with one attached hydrogen (secondary N) is 1. The summed E-state index contributed by atoms with van der Waals surface area (Å²) in [4.78, 5) is 19.2. The lowest BCUT2D eigenvalue weighted by Crippen LogP contribution is -2.58. The number of carbonyl (C=O) groups excluding carboxylic acids is 1. The second kappa shape index (κ2) is 7.56. The fraction of sp³-hybridized carbons (Fsp3) is 0.545. The van der Waals surface area contributed by atoms with Gasteiger partial charge in [-0.2, -0.15) is 0 Å². The van der Waals surface area contributed by atoms with Gasteiger partial charge >= 0.3 is 0 Å². The van der Waals surface area contributed by atoms with Gasteiger partial charge in [0.25, 0.3) is 5.91 Å². The Balaban J connectivity index is 1.42. The Hall–Kier alpha value is -1.98. The summed E-state index contributed by atoms with van der Waals surface area (Å²) in [5.41, 5.74) is 2.06. The number of benzene rings is 1. The fourth-order valence-electron chi connectivity index (χ4n) is 4.34. The van der Waals surface area contributed by atoms with E-state index in [4.69, 9.17) is 0 Å². The molecule has 1 aliphatic heterocycles. The molecule has 5 heteroatoms. The molecule has 2 fully saturated rings. The minimum absolute atomic E-state index is 0.0931. The van der Waals surface area contributed by atoms with Crippen molar-refractivity contribution >= 4 is 16.8 Å². The molecular weight excluding hydrogens is 338 g/mol. The third-order valence-electron chi connectivity index (χ3n) is 6.26. The molecule has 1 aromatic heterocycles. The molecule has 2 heterocycles. The summed E-state index contributed by atoms with van der Waals surface area (Å²) < 4.78 is 0. The zero-order valence-corrected chi connectivity index (χ0v) is 16.1. The lowest BCUT2D eigenvalue weighted by atomic mass is 9.83. The number of hydrogen-bond donors (Lipinski definition) is 2. The molecule has 1 amide bonds. The second-order valence-corrected chi connectivity index (χ2v) is 8.22. The summed E-state index contributed by atoms with van der Waals surface area (Å²) in [5.74, 6) is 0.541. The van der Waals surface area contributed by atoms with Crippen molar-refractivity contribution in [1.82, 2.24) is 15.2 Å². The van der Waals surface area contributed by atoms with E-state index in [1.54, 1.807) is 6.20 Å². The van der Waals surface area contributed by atoms with E-state index >= 15 is 0 Å². The summed E-state index contributed by atoms with van der Waals surface area (Å²) in [6.45, 7) is 4.60. The van der Waals surface area contributed by atoms with Gasteiger partial charge in [-0.3, -0.25) is 9.78 Å². The summed E-state index contributed by atoms with van der Waals surface area (Å²) in [6, 6.07) is 8.13. The van der Waals surface area contributed by atoms with Crippen LogP contribution in [0.4, 0.5) is 0 Å². The van der Waals surface area contributed by atoms with E-state index in [9.17, 15) is 9.90 Å². The summed E-state index contributed by atoms with van der Waals surface area (Å²) in [7, 11) is 0. The first-order chi connectivity index (χ1) is 13.1. The normalized spacial score (nSPS) is 23.6. The maximum Gasteiger partial charge on any atom is 0.255 e. The van der Waals surface area contributed by atoms with Gasteiger partial charge in [-0.05, 0) is 61.8 Å². The lowest BCUT2D eigenvalue weighted by molar-refractivity contribution is -0.157. The van der Waals surface area contributed by atoms with Crippen molar-refractivity contribution in [3.63, 3.8) is 0 Å². The molecule has 4 rings (SSSR count). The van der Waals surface area contributed by atoms with Crippen molar-refractivity contribution in [2.75, 3.05) is 19.6 Å². The Morgan fingerprint density at radius 3 is 2.93 bits per heavy atom. The SMILES string of the molecule is Cc1ccc2ncccc2c1CNCC1(O)CCCN(CC2CCC2)C1=O. The van der Waals surface area contributed by atoms with Crippen LogP contribution in [0.1, 0.15) is 43.2 Å². The number of pyridine rings is 1. The number of aromatic nitrogens is 1. The molecule has 1 aromatic carbocycles. The van der Waals surface area contributed by atoms with Crippen LogP contribution in [0.5, 0.6) is 0 Å². The minimum atomic E-state index is -1.28. The van der Waals surface area contributed by atoms with E-state index in [2.05, 4.69) is 29.4 Å². The molecule has 1 unspecified atom stereocenters. The Kier molecular flexibility index (Phi) is 5.15. The highest BCUT2D eigenvalue weighted by Gasteiger charge is 2.42. The lowest BCUT2D eigenvalue weighted by Gasteiger charge is -2.41. The highest BCUT2D eigenvalue weighted by atomic mass is 16.3. The number of aryl methyl sites for hydroxylation is 1. The summed E-state index contributed by atoms with van der Waals surface area (Å²) >= 11 is 0. The average Bonchev–Trinajstić information content (AvgIpc) is 2.63. The molecule has 1 saturated carbocycles. The molecule has 0 bridgehead atoms. The van der Waals surface area contributed by atoms with E-state index < -0.39 is 5.60 Å².